The van der Waals surface area contributed by atoms with Gasteiger partial charge < -0.3 is 11.1 Å². The topological polar surface area (TPSA) is 68.0 Å². The van der Waals surface area contributed by atoms with E-state index in [1.807, 2.05) is 0 Å². The zero-order valence-electron chi connectivity index (χ0n) is 10.9. The van der Waals surface area contributed by atoms with E-state index in [-0.39, 0.29) is 17.9 Å². The molecule has 1 aromatic heterocycles. The fraction of sp³-hybridized carbons (Fsp3) is 0.0667. The Balaban J connectivity index is 2.28. The van der Waals surface area contributed by atoms with Gasteiger partial charge in [-0.2, -0.15) is 0 Å². The van der Waals surface area contributed by atoms with Crippen LogP contribution in [0, 0.1) is 23.5 Å². The predicted octanol–water partition coefficient (Wildman–Crippen LogP) is 1.92. The number of benzene rings is 1. The molecule has 0 radical (unpaired) electrons. The van der Waals surface area contributed by atoms with Crippen molar-refractivity contribution in [3.63, 3.8) is 0 Å². The number of halogens is 2. The summed E-state index contributed by atoms with van der Waals surface area (Å²) in [5, 5.41) is 2.33. The number of carbonyl (C=O) groups excluding carboxylic acids is 1. The molecule has 21 heavy (non-hydrogen) atoms. The van der Waals surface area contributed by atoms with Gasteiger partial charge in [-0.15, -0.1) is 0 Å². The summed E-state index contributed by atoms with van der Waals surface area (Å²) in [5.41, 5.74) is 5.57. The molecule has 1 amide bonds. The molecule has 1 aromatic carbocycles. The number of rotatable bonds is 2. The molecule has 0 unspecified atom stereocenters. The molecule has 0 spiro atoms. The minimum Gasteiger partial charge on any atom is -0.320 e. The van der Waals surface area contributed by atoms with Crippen LogP contribution in [0.3, 0.4) is 0 Å². The fourth-order valence-corrected chi connectivity index (χ4v) is 1.61. The van der Waals surface area contributed by atoms with E-state index in [1.165, 1.54) is 6.20 Å². The Bertz CT molecular complexity index is 735. The first-order chi connectivity index (χ1) is 10.1. The summed E-state index contributed by atoms with van der Waals surface area (Å²) < 4.78 is 26.3. The van der Waals surface area contributed by atoms with Crippen molar-refractivity contribution in [3.8, 4) is 11.8 Å². The molecule has 4 nitrogen and oxygen atoms in total. The maximum absolute atomic E-state index is 13.5. The highest BCUT2D eigenvalue weighted by Gasteiger charge is 2.14. The summed E-state index contributed by atoms with van der Waals surface area (Å²) in [6.07, 6.45) is 1.42. The van der Waals surface area contributed by atoms with Crippen LogP contribution >= 0.6 is 0 Å². The number of amides is 1. The molecule has 0 bridgehead atoms. The number of anilines is 1. The minimum atomic E-state index is -0.867. The van der Waals surface area contributed by atoms with Crippen molar-refractivity contribution >= 4 is 11.6 Å². The highest BCUT2D eigenvalue weighted by atomic mass is 19.1. The van der Waals surface area contributed by atoms with Gasteiger partial charge in [0, 0.05) is 12.3 Å². The van der Waals surface area contributed by atoms with Crippen molar-refractivity contribution in [2.75, 3.05) is 11.9 Å². The molecule has 3 N–H and O–H groups in total. The minimum absolute atomic E-state index is 0.0437. The average Bonchev–Trinajstić information content (AvgIpc) is 2.48. The summed E-state index contributed by atoms with van der Waals surface area (Å²) >= 11 is 0. The molecular weight excluding hydrogens is 276 g/mol. The second-order valence-corrected chi connectivity index (χ2v) is 3.98. The molecule has 0 aliphatic rings. The second-order valence-electron chi connectivity index (χ2n) is 3.98. The van der Waals surface area contributed by atoms with Crippen LogP contribution in [0.4, 0.5) is 14.5 Å². The van der Waals surface area contributed by atoms with E-state index in [1.54, 1.807) is 12.1 Å². The van der Waals surface area contributed by atoms with Gasteiger partial charge in [-0.3, -0.25) is 4.79 Å². The molecule has 0 aliphatic heterocycles. The normalized spacial score (nSPS) is 9.67. The van der Waals surface area contributed by atoms with E-state index in [0.29, 0.717) is 11.6 Å². The molecule has 0 saturated heterocycles. The SMILES string of the molecule is NCC#Cc1cccnc1C(=O)Nc1ccc(F)cc1F. The first-order valence-corrected chi connectivity index (χ1v) is 6.02. The van der Waals surface area contributed by atoms with Gasteiger partial charge in [-0.25, -0.2) is 13.8 Å². The highest BCUT2D eigenvalue weighted by Crippen LogP contribution is 2.16. The summed E-state index contributed by atoms with van der Waals surface area (Å²) in [6, 6.07) is 6.09. The Hall–Kier alpha value is -2.78. The molecule has 0 aliphatic carbocycles. The van der Waals surface area contributed by atoms with Crippen molar-refractivity contribution in [3.05, 3.63) is 59.4 Å². The van der Waals surface area contributed by atoms with Crippen LogP contribution in [0.15, 0.2) is 36.5 Å². The molecule has 2 aromatic rings. The van der Waals surface area contributed by atoms with Crippen molar-refractivity contribution in [2.45, 2.75) is 0 Å². The molecule has 1 heterocycles. The zero-order chi connectivity index (χ0) is 15.2. The van der Waals surface area contributed by atoms with Crippen LogP contribution in [0.5, 0.6) is 0 Å². The summed E-state index contributed by atoms with van der Waals surface area (Å²) in [4.78, 5) is 16.0. The number of carbonyl (C=O) groups is 1. The third-order valence-electron chi connectivity index (χ3n) is 2.53. The summed E-state index contributed by atoms with van der Waals surface area (Å²) in [5.74, 6) is 3.10. The predicted molar refractivity (Wildman–Crippen MR) is 74.5 cm³/mol. The van der Waals surface area contributed by atoms with Crippen LogP contribution in [0.1, 0.15) is 16.1 Å². The summed E-state index contributed by atoms with van der Waals surface area (Å²) in [7, 11) is 0. The molecule has 0 saturated carbocycles. The monoisotopic (exact) mass is 287 g/mol. The van der Waals surface area contributed by atoms with Crippen molar-refractivity contribution in [1.82, 2.24) is 4.98 Å². The van der Waals surface area contributed by atoms with Gasteiger partial charge in [-0.1, -0.05) is 11.8 Å². The number of hydrogen-bond donors (Lipinski definition) is 2. The van der Waals surface area contributed by atoms with Crippen LogP contribution in [0.2, 0.25) is 0 Å². The van der Waals surface area contributed by atoms with Gasteiger partial charge in [0.25, 0.3) is 5.91 Å². The summed E-state index contributed by atoms with van der Waals surface area (Å²) in [6.45, 7) is 0.141. The van der Waals surface area contributed by atoms with Gasteiger partial charge in [0.15, 0.2) is 0 Å². The first kappa shape index (κ1) is 14.6. The number of hydrogen-bond acceptors (Lipinski definition) is 3. The largest absolute Gasteiger partial charge is 0.320 e. The van der Waals surface area contributed by atoms with Crippen LogP contribution in [-0.2, 0) is 0 Å². The Morgan fingerprint density at radius 2 is 2.14 bits per heavy atom. The lowest BCUT2D eigenvalue weighted by molar-refractivity contribution is 0.102. The van der Waals surface area contributed by atoms with Gasteiger partial charge in [0.2, 0.25) is 0 Å². The Morgan fingerprint density at radius 1 is 1.33 bits per heavy atom. The number of aromatic nitrogens is 1. The lowest BCUT2D eigenvalue weighted by Gasteiger charge is -2.07. The van der Waals surface area contributed by atoms with Gasteiger partial charge >= 0.3 is 0 Å². The Morgan fingerprint density at radius 3 is 2.86 bits per heavy atom. The second kappa shape index (κ2) is 6.59. The fourth-order valence-electron chi connectivity index (χ4n) is 1.61. The highest BCUT2D eigenvalue weighted by molar-refractivity contribution is 6.04. The van der Waals surface area contributed by atoms with Crippen LogP contribution < -0.4 is 11.1 Å². The molecule has 0 fully saturated rings. The van der Waals surface area contributed by atoms with E-state index in [2.05, 4.69) is 22.1 Å². The standard InChI is InChI=1S/C15H11F2N3O/c16-11-5-6-13(12(17)9-11)20-15(21)14-10(3-1-7-18)4-2-8-19-14/h2,4-6,8-9H,7,18H2,(H,20,21). The maximum atomic E-state index is 13.5. The molecule has 0 atom stereocenters. The smallest absolute Gasteiger partial charge is 0.275 e. The van der Waals surface area contributed by atoms with Crippen molar-refractivity contribution in [2.24, 2.45) is 5.73 Å². The number of nitrogens with two attached hydrogens (primary N) is 1. The van der Waals surface area contributed by atoms with Crippen LogP contribution in [0.25, 0.3) is 0 Å². The lowest BCUT2D eigenvalue weighted by Crippen LogP contribution is -2.16. The number of pyridine rings is 1. The van der Waals surface area contributed by atoms with Crippen LogP contribution in [-0.4, -0.2) is 17.4 Å². The number of nitrogens with one attached hydrogen (secondary N) is 1. The maximum Gasteiger partial charge on any atom is 0.275 e. The number of nitrogens with zero attached hydrogens (tertiary/aromatic N) is 1. The molecule has 106 valence electrons. The third kappa shape index (κ3) is 3.61. The Labute approximate surface area is 120 Å². The average molecular weight is 287 g/mol. The van der Waals surface area contributed by atoms with E-state index in [0.717, 1.165) is 12.1 Å². The van der Waals surface area contributed by atoms with E-state index in [9.17, 15) is 13.6 Å². The van der Waals surface area contributed by atoms with E-state index < -0.39 is 17.5 Å². The molecular formula is C15H11F2N3O. The molecule has 2 rings (SSSR count). The van der Waals surface area contributed by atoms with E-state index in [4.69, 9.17) is 5.73 Å². The van der Waals surface area contributed by atoms with Crippen molar-refractivity contribution in [1.29, 1.82) is 0 Å². The quantitative estimate of drug-likeness (QED) is 0.829. The zero-order valence-corrected chi connectivity index (χ0v) is 10.9. The van der Waals surface area contributed by atoms with Gasteiger partial charge in [0.05, 0.1) is 17.8 Å². The molecule has 6 heteroatoms. The third-order valence-corrected chi connectivity index (χ3v) is 2.53. The van der Waals surface area contributed by atoms with E-state index >= 15 is 0 Å². The van der Waals surface area contributed by atoms with Gasteiger partial charge in [0.1, 0.15) is 17.3 Å². The van der Waals surface area contributed by atoms with Crippen molar-refractivity contribution < 1.29 is 13.6 Å². The van der Waals surface area contributed by atoms with Gasteiger partial charge in [-0.05, 0) is 24.3 Å². The first-order valence-electron chi connectivity index (χ1n) is 6.02. The Kier molecular flexibility index (Phi) is 4.59. The lowest BCUT2D eigenvalue weighted by atomic mass is 10.2.